The number of halogens is 4. The lowest BCUT2D eigenvalue weighted by Crippen LogP contribution is -2.50. The van der Waals surface area contributed by atoms with Crippen LogP contribution in [0.5, 0.6) is 0 Å². The van der Waals surface area contributed by atoms with Gasteiger partial charge in [0.15, 0.2) is 0 Å². The number of alkyl halides is 4. The van der Waals surface area contributed by atoms with Crippen molar-refractivity contribution in [1.29, 1.82) is 0 Å². The van der Waals surface area contributed by atoms with E-state index < -0.39 is 18.3 Å². The van der Waals surface area contributed by atoms with E-state index in [2.05, 4.69) is 4.98 Å². The number of carbonyl (C=O) groups excluding carboxylic acids is 1. The average Bonchev–Trinajstić information content (AvgIpc) is 2.74. The molecule has 0 radical (unpaired) electrons. The largest absolute Gasteiger partial charge is 0.383 e. The Labute approximate surface area is 93.8 Å². The Morgan fingerprint density at radius 3 is 2.76 bits per heavy atom. The highest BCUT2D eigenvalue weighted by Crippen LogP contribution is 2.26. The summed E-state index contributed by atoms with van der Waals surface area (Å²) in [5.74, 6) is -6.06. The molecule has 2 heterocycles. The molecule has 8 heteroatoms. The summed E-state index contributed by atoms with van der Waals surface area (Å²) in [4.78, 5) is 15.8. The van der Waals surface area contributed by atoms with Crippen molar-refractivity contribution in [2.24, 2.45) is 0 Å². The normalized spacial score (nSPS) is 16.2. The zero-order chi connectivity index (χ0) is 12.6. The molecule has 0 unspecified atom stereocenters. The van der Waals surface area contributed by atoms with Crippen molar-refractivity contribution in [2.45, 2.75) is 25.4 Å². The Bertz CT molecular complexity index is 432. The van der Waals surface area contributed by atoms with E-state index in [9.17, 15) is 22.4 Å². The predicted octanol–water partition coefficient (Wildman–Crippen LogP) is 1.13. The summed E-state index contributed by atoms with van der Waals surface area (Å²) in [7, 11) is 0. The topological polar surface area (TPSA) is 38.1 Å². The molecular formula is C9H9F4N3O. The molecule has 0 aromatic carbocycles. The van der Waals surface area contributed by atoms with E-state index in [1.54, 1.807) is 10.8 Å². The maximum Gasteiger partial charge on any atom is 0.383 e. The van der Waals surface area contributed by atoms with Crippen molar-refractivity contribution in [3.8, 4) is 0 Å². The van der Waals surface area contributed by atoms with Crippen molar-refractivity contribution < 1.29 is 22.4 Å². The van der Waals surface area contributed by atoms with E-state index in [1.807, 2.05) is 0 Å². The zero-order valence-corrected chi connectivity index (χ0v) is 8.62. The average molecular weight is 251 g/mol. The quantitative estimate of drug-likeness (QED) is 0.739. The summed E-state index contributed by atoms with van der Waals surface area (Å²) in [6.07, 6.45) is -0.881. The molecule has 0 bridgehead atoms. The van der Waals surface area contributed by atoms with Crippen LogP contribution in [0.25, 0.3) is 0 Å². The molecule has 1 aromatic heterocycles. The van der Waals surface area contributed by atoms with Gasteiger partial charge < -0.3 is 9.47 Å². The lowest BCUT2D eigenvalue weighted by Gasteiger charge is -2.30. The Balaban J connectivity index is 2.14. The molecule has 4 nitrogen and oxygen atoms in total. The van der Waals surface area contributed by atoms with Gasteiger partial charge >= 0.3 is 12.3 Å². The van der Waals surface area contributed by atoms with Crippen LogP contribution in [0, 0.1) is 0 Å². The minimum absolute atomic E-state index is 0.0233. The SMILES string of the molecule is O=C(N1CCn2ccnc2C1)C(F)(F)C(F)F. The van der Waals surface area contributed by atoms with Crippen molar-refractivity contribution in [2.75, 3.05) is 6.54 Å². The van der Waals surface area contributed by atoms with Crippen molar-refractivity contribution in [3.05, 3.63) is 18.2 Å². The molecular weight excluding hydrogens is 242 g/mol. The molecule has 1 aliphatic heterocycles. The lowest BCUT2D eigenvalue weighted by atomic mass is 10.2. The van der Waals surface area contributed by atoms with Gasteiger partial charge in [-0.1, -0.05) is 0 Å². The third-order valence-electron chi connectivity index (χ3n) is 2.59. The van der Waals surface area contributed by atoms with Crippen LogP contribution in [0.4, 0.5) is 17.6 Å². The number of fused-ring (bicyclic) bond motifs is 1. The number of carbonyl (C=O) groups is 1. The van der Waals surface area contributed by atoms with Crippen LogP contribution in [0.2, 0.25) is 0 Å². The highest BCUT2D eigenvalue weighted by Gasteiger charge is 2.51. The predicted molar refractivity (Wildman–Crippen MR) is 48.6 cm³/mol. The molecule has 0 fully saturated rings. The Morgan fingerprint density at radius 2 is 2.12 bits per heavy atom. The first-order valence-corrected chi connectivity index (χ1v) is 4.88. The van der Waals surface area contributed by atoms with Crippen molar-refractivity contribution in [3.63, 3.8) is 0 Å². The fourth-order valence-electron chi connectivity index (χ4n) is 1.65. The standard InChI is InChI=1S/C9H9F4N3O/c10-7(11)9(12,13)8(17)16-4-3-15-2-1-14-6(15)5-16/h1-2,7H,3-5H2. The van der Waals surface area contributed by atoms with Crippen LogP contribution in [0.15, 0.2) is 12.4 Å². The summed E-state index contributed by atoms with van der Waals surface area (Å²) in [5, 5.41) is 0. The molecule has 0 saturated carbocycles. The van der Waals surface area contributed by atoms with Crippen LogP contribution in [0.3, 0.4) is 0 Å². The van der Waals surface area contributed by atoms with Crippen LogP contribution >= 0.6 is 0 Å². The maximum atomic E-state index is 12.9. The fraction of sp³-hybridized carbons (Fsp3) is 0.556. The first kappa shape index (κ1) is 11.9. The summed E-state index contributed by atoms with van der Waals surface area (Å²) in [5.41, 5.74) is 0. The number of hydrogen-bond donors (Lipinski definition) is 0. The Hall–Kier alpha value is -1.60. The van der Waals surface area contributed by atoms with E-state index in [0.29, 0.717) is 10.7 Å². The van der Waals surface area contributed by atoms with Gasteiger partial charge in [-0.05, 0) is 0 Å². The Kier molecular flexibility index (Phi) is 2.80. The van der Waals surface area contributed by atoms with E-state index in [0.717, 1.165) is 0 Å². The third-order valence-corrected chi connectivity index (χ3v) is 2.59. The molecule has 0 saturated heterocycles. The van der Waals surface area contributed by atoms with E-state index >= 15 is 0 Å². The van der Waals surface area contributed by atoms with Crippen LogP contribution in [0.1, 0.15) is 5.82 Å². The van der Waals surface area contributed by atoms with Gasteiger partial charge in [0, 0.05) is 25.5 Å². The molecule has 0 atom stereocenters. The highest BCUT2D eigenvalue weighted by atomic mass is 19.3. The second kappa shape index (κ2) is 4.01. The van der Waals surface area contributed by atoms with Gasteiger partial charge in [-0.25, -0.2) is 13.8 Å². The van der Waals surface area contributed by atoms with Gasteiger partial charge in [0.05, 0.1) is 6.54 Å². The summed E-state index contributed by atoms with van der Waals surface area (Å²) >= 11 is 0. The number of hydrogen-bond acceptors (Lipinski definition) is 2. The third kappa shape index (κ3) is 1.98. The van der Waals surface area contributed by atoms with Crippen LogP contribution in [-0.2, 0) is 17.9 Å². The minimum Gasteiger partial charge on any atom is -0.332 e. The fourth-order valence-corrected chi connectivity index (χ4v) is 1.65. The van der Waals surface area contributed by atoms with Crippen molar-refractivity contribution in [1.82, 2.24) is 14.5 Å². The molecule has 1 amide bonds. The first-order valence-electron chi connectivity index (χ1n) is 4.88. The zero-order valence-electron chi connectivity index (χ0n) is 8.62. The van der Waals surface area contributed by atoms with Gasteiger partial charge in [0.25, 0.3) is 5.91 Å². The minimum atomic E-state index is -4.63. The van der Waals surface area contributed by atoms with Gasteiger partial charge in [-0.15, -0.1) is 0 Å². The van der Waals surface area contributed by atoms with E-state index in [-0.39, 0.29) is 19.6 Å². The van der Waals surface area contributed by atoms with E-state index in [4.69, 9.17) is 0 Å². The van der Waals surface area contributed by atoms with Crippen LogP contribution in [-0.4, -0.2) is 39.3 Å². The molecule has 0 spiro atoms. The van der Waals surface area contributed by atoms with Gasteiger partial charge in [0.1, 0.15) is 5.82 Å². The number of amides is 1. The number of aromatic nitrogens is 2. The molecule has 1 aromatic rings. The van der Waals surface area contributed by atoms with Gasteiger partial charge in [-0.3, -0.25) is 4.79 Å². The summed E-state index contributed by atoms with van der Waals surface area (Å²) < 4.78 is 51.5. The van der Waals surface area contributed by atoms with Gasteiger partial charge in [0.2, 0.25) is 0 Å². The molecule has 0 N–H and O–H groups in total. The lowest BCUT2D eigenvalue weighted by molar-refractivity contribution is -0.182. The molecule has 0 aliphatic carbocycles. The van der Waals surface area contributed by atoms with Crippen LogP contribution < -0.4 is 0 Å². The van der Waals surface area contributed by atoms with E-state index in [1.165, 1.54) is 6.20 Å². The van der Waals surface area contributed by atoms with Gasteiger partial charge in [-0.2, -0.15) is 8.78 Å². The maximum absolute atomic E-state index is 12.9. The number of rotatable bonds is 2. The monoisotopic (exact) mass is 251 g/mol. The number of nitrogens with zero attached hydrogens (tertiary/aromatic N) is 3. The molecule has 1 aliphatic rings. The smallest absolute Gasteiger partial charge is 0.332 e. The first-order chi connectivity index (χ1) is 7.93. The second-order valence-electron chi connectivity index (χ2n) is 3.69. The molecule has 2 rings (SSSR count). The molecule has 94 valence electrons. The summed E-state index contributed by atoms with van der Waals surface area (Å²) in [6.45, 7) is 0.0824. The number of imidazole rings is 1. The molecule has 17 heavy (non-hydrogen) atoms. The van der Waals surface area contributed by atoms with Crippen molar-refractivity contribution >= 4 is 5.91 Å². The Morgan fingerprint density at radius 1 is 1.41 bits per heavy atom. The highest BCUT2D eigenvalue weighted by molar-refractivity contribution is 5.84. The summed E-state index contributed by atoms with van der Waals surface area (Å²) in [6, 6.07) is 0. The second-order valence-corrected chi connectivity index (χ2v) is 3.69.